The number of nitrogens with zero attached hydrogens (tertiary/aromatic N) is 2. The molecular formula is C15H24N2O. The van der Waals surface area contributed by atoms with Crippen LogP contribution in [0.25, 0.3) is 0 Å². The second kappa shape index (κ2) is 6.88. The van der Waals surface area contributed by atoms with Crippen molar-refractivity contribution in [1.82, 2.24) is 9.80 Å². The lowest BCUT2D eigenvalue weighted by atomic mass is 10.1. The third-order valence-electron chi connectivity index (χ3n) is 3.85. The van der Waals surface area contributed by atoms with Crippen molar-refractivity contribution in [1.29, 1.82) is 0 Å². The van der Waals surface area contributed by atoms with Gasteiger partial charge < -0.3 is 10.0 Å². The number of hydrogen-bond donors (Lipinski definition) is 1. The summed E-state index contributed by atoms with van der Waals surface area (Å²) in [5, 5.41) is 9.42. The summed E-state index contributed by atoms with van der Waals surface area (Å²) < 4.78 is 0. The van der Waals surface area contributed by atoms with E-state index < -0.39 is 0 Å². The Bertz CT molecular complexity index is 342. The first kappa shape index (κ1) is 13.5. The molecule has 3 nitrogen and oxygen atoms in total. The van der Waals surface area contributed by atoms with Gasteiger partial charge in [-0.05, 0) is 38.5 Å². The molecule has 1 fully saturated rings. The molecule has 100 valence electrons. The van der Waals surface area contributed by atoms with E-state index in [-0.39, 0.29) is 6.61 Å². The van der Waals surface area contributed by atoms with Gasteiger partial charge >= 0.3 is 0 Å². The molecule has 1 aliphatic rings. The van der Waals surface area contributed by atoms with Gasteiger partial charge in [-0.3, -0.25) is 4.90 Å². The summed E-state index contributed by atoms with van der Waals surface area (Å²) in [6.07, 6.45) is 2.30. The molecule has 2 rings (SSSR count). The van der Waals surface area contributed by atoms with Crippen molar-refractivity contribution in [2.24, 2.45) is 0 Å². The first-order chi connectivity index (χ1) is 8.79. The molecule has 18 heavy (non-hydrogen) atoms. The van der Waals surface area contributed by atoms with Crippen molar-refractivity contribution in [3.05, 3.63) is 35.9 Å². The topological polar surface area (TPSA) is 26.7 Å². The zero-order valence-electron chi connectivity index (χ0n) is 11.3. The van der Waals surface area contributed by atoms with Crippen molar-refractivity contribution in [3.63, 3.8) is 0 Å². The maximum atomic E-state index is 9.42. The van der Waals surface area contributed by atoms with Gasteiger partial charge in [-0.1, -0.05) is 30.3 Å². The molecule has 1 atom stereocenters. The van der Waals surface area contributed by atoms with Gasteiger partial charge in [0.15, 0.2) is 0 Å². The Morgan fingerprint density at radius 2 is 2.00 bits per heavy atom. The first-order valence-corrected chi connectivity index (χ1v) is 6.87. The summed E-state index contributed by atoms with van der Waals surface area (Å²) in [5.41, 5.74) is 1.40. The zero-order chi connectivity index (χ0) is 12.8. The van der Waals surface area contributed by atoms with Crippen LogP contribution in [-0.4, -0.2) is 60.8 Å². The van der Waals surface area contributed by atoms with E-state index in [9.17, 15) is 5.11 Å². The fourth-order valence-electron chi connectivity index (χ4n) is 2.59. The monoisotopic (exact) mass is 248 g/mol. The summed E-state index contributed by atoms with van der Waals surface area (Å²) in [5.74, 6) is 0. The number of aliphatic hydroxyl groups excluding tert-OH is 1. The molecule has 1 saturated heterocycles. The van der Waals surface area contributed by atoms with Crippen LogP contribution < -0.4 is 0 Å². The van der Waals surface area contributed by atoms with E-state index in [4.69, 9.17) is 0 Å². The van der Waals surface area contributed by atoms with E-state index in [0.29, 0.717) is 6.04 Å². The van der Waals surface area contributed by atoms with Crippen molar-refractivity contribution in [2.45, 2.75) is 18.9 Å². The second-order valence-corrected chi connectivity index (χ2v) is 5.21. The number of rotatable bonds is 4. The molecule has 0 amide bonds. The van der Waals surface area contributed by atoms with E-state index in [0.717, 1.165) is 32.6 Å². The molecular weight excluding hydrogens is 224 g/mol. The van der Waals surface area contributed by atoms with Gasteiger partial charge in [0.2, 0.25) is 0 Å². The summed E-state index contributed by atoms with van der Waals surface area (Å²) in [6.45, 7) is 4.58. The van der Waals surface area contributed by atoms with Gasteiger partial charge in [0.05, 0.1) is 6.61 Å². The van der Waals surface area contributed by atoms with Crippen LogP contribution in [0.5, 0.6) is 0 Å². The molecule has 0 aromatic heterocycles. The fraction of sp³-hybridized carbons (Fsp3) is 0.600. The molecule has 1 N–H and O–H groups in total. The van der Waals surface area contributed by atoms with Gasteiger partial charge in [0.25, 0.3) is 0 Å². The van der Waals surface area contributed by atoms with Crippen LogP contribution in [-0.2, 0) is 6.42 Å². The maximum Gasteiger partial charge on any atom is 0.0599 e. The average Bonchev–Trinajstić information content (AvgIpc) is 2.59. The summed E-state index contributed by atoms with van der Waals surface area (Å²) >= 11 is 0. The zero-order valence-corrected chi connectivity index (χ0v) is 11.3. The Balaban J connectivity index is 1.85. The minimum Gasteiger partial charge on any atom is -0.395 e. The summed E-state index contributed by atoms with van der Waals surface area (Å²) in [6, 6.07) is 10.9. The predicted octanol–water partition coefficient (Wildman–Crippen LogP) is 1.23. The smallest absolute Gasteiger partial charge is 0.0599 e. The van der Waals surface area contributed by atoms with Crippen LogP contribution in [0.2, 0.25) is 0 Å². The third kappa shape index (κ3) is 3.80. The van der Waals surface area contributed by atoms with Gasteiger partial charge in [-0.15, -0.1) is 0 Å². The van der Waals surface area contributed by atoms with Crippen molar-refractivity contribution >= 4 is 0 Å². The number of likely N-dealkylation sites (N-methyl/N-ethyl adjacent to an activating group) is 1. The highest BCUT2D eigenvalue weighted by Crippen LogP contribution is 2.09. The van der Waals surface area contributed by atoms with E-state index in [2.05, 4.69) is 47.2 Å². The second-order valence-electron chi connectivity index (χ2n) is 5.21. The molecule has 1 aromatic rings. The Kier molecular flexibility index (Phi) is 5.17. The molecule has 1 aromatic carbocycles. The molecule has 1 unspecified atom stereocenters. The van der Waals surface area contributed by atoms with E-state index in [1.54, 1.807) is 0 Å². The Hall–Kier alpha value is -0.900. The quantitative estimate of drug-likeness (QED) is 0.868. The molecule has 1 aliphatic heterocycles. The van der Waals surface area contributed by atoms with Crippen molar-refractivity contribution in [3.8, 4) is 0 Å². The lowest BCUT2D eigenvalue weighted by molar-refractivity contribution is 0.132. The third-order valence-corrected chi connectivity index (χ3v) is 3.85. The van der Waals surface area contributed by atoms with Crippen LogP contribution in [0, 0.1) is 0 Å². The van der Waals surface area contributed by atoms with Crippen LogP contribution in [0.1, 0.15) is 12.0 Å². The highest BCUT2D eigenvalue weighted by Gasteiger charge is 2.21. The minimum absolute atomic E-state index is 0.262. The largest absolute Gasteiger partial charge is 0.395 e. The van der Waals surface area contributed by atoms with Crippen LogP contribution in [0.3, 0.4) is 0 Å². The van der Waals surface area contributed by atoms with E-state index in [1.807, 2.05) is 0 Å². The summed E-state index contributed by atoms with van der Waals surface area (Å²) in [4.78, 5) is 4.76. The SMILES string of the molecule is CN1CCCN(CCc2ccccc2)CC1CO. The molecule has 0 saturated carbocycles. The number of benzene rings is 1. The molecule has 3 heteroatoms. The first-order valence-electron chi connectivity index (χ1n) is 6.87. The van der Waals surface area contributed by atoms with Gasteiger partial charge in [0.1, 0.15) is 0 Å². The lowest BCUT2D eigenvalue weighted by Gasteiger charge is -2.27. The van der Waals surface area contributed by atoms with Gasteiger partial charge in [-0.2, -0.15) is 0 Å². The lowest BCUT2D eigenvalue weighted by Crippen LogP contribution is -2.41. The van der Waals surface area contributed by atoms with Gasteiger partial charge in [0, 0.05) is 19.1 Å². The molecule has 1 heterocycles. The number of hydrogen-bond acceptors (Lipinski definition) is 3. The van der Waals surface area contributed by atoms with Crippen LogP contribution in [0.4, 0.5) is 0 Å². The minimum atomic E-state index is 0.262. The Morgan fingerprint density at radius 3 is 2.72 bits per heavy atom. The maximum absolute atomic E-state index is 9.42. The Morgan fingerprint density at radius 1 is 1.22 bits per heavy atom. The van der Waals surface area contributed by atoms with Crippen LogP contribution >= 0.6 is 0 Å². The fourth-order valence-corrected chi connectivity index (χ4v) is 2.59. The molecule has 0 aliphatic carbocycles. The van der Waals surface area contributed by atoms with Crippen molar-refractivity contribution < 1.29 is 5.11 Å². The normalized spacial score (nSPS) is 22.9. The highest BCUT2D eigenvalue weighted by molar-refractivity contribution is 5.14. The van der Waals surface area contributed by atoms with Gasteiger partial charge in [-0.25, -0.2) is 0 Å². The highest BCUT2D eigenvalue weighted by atomic mass is 16.3. The standard InChI is InChI=1S/C15H24N2O/c1-16-9-5-10-17(12-15(16)13-18)11-8-14-6-3-2-4-7-14/h2-4,6-7,15,18H,5,8-13H2,1H3. The average molecular weight is 248 g/mol. The molecule has 0 radical (unpaired) electrons. The molecule has 0 spiro atoms. The number of aliphatic hydroxyl groups is 1. The van der Waals surface area contributed by atoms with Crippen molar-refractivity contribution in [2.75, 3.05) is 39.8 Å². The summed E-state index contributed by atoms with van der Waals surface area (Å²) in [7, 11) is 2.11. The van der Waals surface area contributed by atoms with Crippen LogP contribution in [0.15, 0.2) is 30.3 Å². The molecule has 0 bridgehead atoms. The predicted molar refractivity (Wildman–Crippen MR) is 74.7 cm³/mol. The Labute approximate surface area is 110 Å². The van der Waals surface area contributed by atoms with E-state index >= 15 is 0 Å². The van der Waals surface area contributed by atoms with E-state index in [1.165, 1.54) is 12.0 Å².